The number of benzene rings is 1. The molecule has 0 saturated carbocycles. The molecule has 0 spiro atoms. The van der Waals surface area contributed by atoms with Crippen LogP contribution in [-0.2, 0) is 13.6 Å². The third-order valence-corrected chi connectivity index (χ3v) is 3.63. The molecule has 1 aromatic carbocycles. The van der Waals surface area contributed by atoms with Crippen LogP contribution in [0.25, 0.3) is 0 Å². The van der Waals surface area contributed by atoms with Gasteiger partial charge < -0.3 is 15.2 Å². The molecule has 0 bridgehead atoms. The highest BCUT2D eigenvalue weighted by molar-refractivity contribution is 5.80. The van der Waals surface area contributed by atoms with Crippen molar-refractivity contribution in [3.63, 3.8) is 0 Å². The van der Waals surface area contributed by atoms with Gasteiger partial charge in [-0.05, 0) is 42.7 Å². The number of aliphatic imine (C=N–C) groups is 1. The van der Waals surface area contributed by atoms with Crippen molar-refractivity contribution in [3.8, 4) is 0 Å². The second-order valence-corrected chi connectivity index (χ2v) is 5.49. The van der Waals surface area contributed by atoms with Crippen LogP contribution in [0.3, 0.4) is 0 Å². The lowest BCUT2D eigenvalue weighted by atomic mass is 10.1. The molecule has 0 fully saturated rings. The molecule has 0 amide bonds. The number of nitrogens with zero attached hydrogens (tertiary/aromatic N) is 2. The zero-order chi connectivity index (χ0) is 16.1. The Labute approximate surface area is 131 Å². The van der Waals surface area contributed by atoms with Crippen molar-refractivity contribution in [3.05, 3.63) is 59.2 Å². The fourth-order valence-corrected chi connectivity index (χ4v) is 2.21. The van der Waals surface area contributed by atoms with Crippen LogP contribution in [0.15, 0.2) is 41.7 Å². The van der Waals surface area contributed by atoms with Gasteiger partial charge in [0.15, 0.2) is 5.96 Å². The van der Waals surface area contributed by atoms with Gasteiger partial charge in [0, 0.05) is 33.0 Å². The van der Waals surface area contributed by atoms with E-state index in [0.717, 1.165) is 5.56 Å². The first-order valence-electron chi connectivity index (χ1n) is 7.33. The quantitative estimate of drug-likeness (QED) is 0.673. The number of nitrogens with one attached hydrogen (secondary N) is 2. The summed E-state index contributed by atoms with van der Waals surface area (Å²) in [6, 6.07) is 7.32. The average Bonchev–Trinajstić information content (AvgIpc) is 2.91. The number of rotatable bonds is 4. The maximum absolute atomic E-state index is 13.7. The standard InChI is InChI=1S/C17H23FN4/c1-12-5-6-15(9-16(12)18)13(2)21-17(19-3)20-10-14-7-8-22(4)11-14/h5-9,11,13H,10H2,1-4H3,(H2,19,20,21). The lowest BCUT2D eigenvalue weighted by Gasteiger charge is -2.18. The highest BCUT2D eigenvalue weighted by Crippen LogP contribution is 2.16. The Bertz CT molecular complexity index is 660. The number of hydrogen-bond donors (Lipinski definition) is 2. The van der Waals surface area contributed by atoms with Crippen LogP contribution in [-0.4, -0.2) is 17.6 Å². The maximum atomic E-state index is 13.7. The average molecular weight is 302 g/mol. The van der Waals surface area contributed by atoms with Crippen LogP contribution in [0.5, 0.6) is 0 Å². The molecule has 0 aliphatic heterocycles. The molecule has 1 aromatic heterocycles. The molecular formula is C17H23FN4. The van der Waals surface area contributed by atoms with Gasteiger partial charge in [0.25, 0.3) is 0 Å². The minimum atomic E-state index is -0.182. The number of halogens is 1. The zero-order valence-electron chi connectivity index (χ0n) is 13.5. The van der Waals surface area contributed by atoms with E-state index in [-0.39, 0.29) is 11.9 Å². The Hall–Kier alpha value is -2.30. The highest BCUT2D eigenvalue weighted by atomic mass is 19.1. The summed E-state index contributed by atoms with van der Waals surface area (Å²) in [7, 11) is 3.72. The Morgan fingerprint density at radius 1 is 1.36 bits per heavy atom. The Balaban J connectivity index is 1.95. The maximum Gasteiger partial charge on any atom is 0.191 e. The molecule has 118 valence electrons. The summed E-state index contributed by atoms with van der Waals surface area (Å²) in [4.78, 5) is 4.21. The van der Waals surface area contributed by atoms with E-state index in [4.69, 9.17) is 0 Å². The first kappa shape index (κ1) is 16.1. The van der Waals surface area contributed by atoms with Crippen LogP contribution >= 0.6 is 0 Å². The summed E-state index contributed by atoms with van der Waals surface area (Å²) < 4.78 is 15.7. The monoisotopic (exact) mass is 302 g/mol. The number of guanidine groups is 1. The van der Waals surface area contributed by atoms with E-state index in [2.05, 4.69) is 27.9 Å². The molecule has 0 aliphatic carbocycles. The summed E-state index contributed by atoms with van der Waals surface area (Å²) in [5, 5.41) is 6.53. The second kappa shape index (κ2) is 7.11. The molecule has 2 rings (SSSR count). The van der Waals surface area contributed by atoms with E-state index in [0.29, 0.717) is 18.1 Å². The fourth-order valence-electron chi connectivity index (χ4n) is 2.21. The topological polar surface area (TPSA) is 41.4 Å². The second-order valence-electron chi connectivity index (χ2n) is 5.49. The summed E-state index contributed by atoms with van der Waals surface area (Å²) in [5.74, 6) is 0.510. The van der Waals surface area contributed by atoms with Crippen LogP contribution < -0.4 is 10.6 Å². The van der Waals surface area contributed by atoms with E-state index >= 15 is 0 Å². The number of hydrogen-bond acceptors (Lipinski definition) is 1. The van der Waals surface area contributed by atoms with Crippen molar-refractivity contribution in [1.82, 2.24) is 15.2 Å². The summed E-state index contributed by atoms with van der Waals surface area (Å²) >= 11 is 0. The van der Waals surface area contributed by atoms with Gasteiger partial charge in [0.05, 0.1) is 6.04 Å². The molecule has 0 saturated heterocycles. The van der Waals surface area contributed by atoms with Crippen molar-refractivity contribution in [1.29, 1.82) is 0 Å². The normalized spacial score (nSPS) is 13.0. The van der Waals surface area contributed by atoms with E-state index < -0.39 is 0 Å². The third-order valence-electron chi connectivity index (χ3n) is 3.63. The predicted octanol–water partition coefficient (Wildman–Crippen LogP) is 2.90. The minimum Gasteiger partial charge on any atom is -0.357 e. The Morgan fingerprint density at radius 3 is 2.73 bits per heavy atom. The van der Waals surface area contributed by atoms with Crippen molar-refractivity contribution in [2.24, 2.45) is 12.0 Å². The Kier molecular flexibility index (Phi) is 5.20. The number of aromatic nitrogens is 1. The lowest BCUT2D eigenvalue weighted by Crippen LogP contribution is -2.38. The van der Waals surface area contributed by atoms with E-state index in [9.17, 15) is 4.39 Å². The van der Waals surface area contributed by atoms with Crippen molar-refractivity contribution < 1.29 is 4.39 Å². The molecular weight excluding hydrogens is 279 g/mol. The molecule has 1 atom stereocenters. The fraction of sp³-hybridized carbons (Fsp3) is 0.353. The molecule has 4 nitrogen and oxygen atoms in total. The van der Waals surface area contributed by atoms with E-state index in [1.54, 1.807) is 26.1 Å². The first-order chi connectivity index (χ1) is 10.5. The van der Waals surface area contributed by atoms with Crippen LogP contribution in [0, 0.1) is 12.7 Å². The van der Waals surface area contributed by atoms with Crippen LogP contribution in [0.2, 0.25) is 0 Å². The van der Waals surface area contributed by atoms with Gasteiger partial charge in [-0.1, -0.05) is 12.1 Å². The smallest absolute Gasteiger partial charge is 0.191 e. The van der Waals surface area contributed by atoms with Gasteiger partial charge in [-0.15, -0.1) is 0 Å². The van der Waals surface area contributed by atoms with E-state index in [1.165, 1.54) is 5.56 Å². The largest absolute Gasteiger partial charge is 0.357 e. The highest BCUT2D eigenvalue weighted by Gasteiger charge is 2.09. The summed E-state index contributed by atoms with van der Waals surface area (Å²) in [6.45, 7) is 4.44. The molecule has 2 N–H and O–H groups in total. The molecule has 5 heteroatoms. The van der Waals surface area contributed by atoms with Crippen LogP contribution in [0.4, 0.5) is 4.39 Å². The van der Waals surface area contributed by atoms with Gasteiger partial charge in [0.1, 0.15) is 5.82 Å². The molecule has 1 heterocycles. The third kappa shape index (κ3) is 4.10. The first-order valence-corrected chi connectivity index (χ1v) is 7.33. The van der Waals surface area contributed by atoms with Crippen molar-refractivity contribution in [2.45, 2.75) is 26.4 Å². The van der Waals surface area contributed by atoms with Gasteiger partial charge >= 0.3 is 0 Å². The van der Waals surface area contributed by atoms with Gasteiger partial charge in [-0.2, -0.15) is 0 Å². The molecule has 22 heavy (non-hydrogen) atoms. The molecule has 0 radical (unpaired) electrons. The van der Waals surface area contributed by atoms with Crippen molar-refractivity contribution >= 4 is 5.96 Å². The predicted molar refractivity (Wildman–Crippen MR) is 88.3 cm³/mol. The summed E-state index contributed by atoms with van der Waals surface area (Å²) in [5.41, 5.74) is 2.73. The summed E-state index contributed by atoms with van der Waals surface area (Å²) in [6.07, 6.45) is 4.06. The molecule has 1 unspecified atom stereocenters. The molecule has 2 aromatic rings. The van der Waals surface area contributed by atoms with E-state index in [1.807, 2.05) is 30.8 Å². The minimum absolute atomic E-state index is 0.0305. The molecule has 0 aliphatic rings. The zero-order valence-corrected chi connectivity index (χ0v) is 13.5. The van der Waals surface area contributed by atoms with Gasteiger partial charge in [-0.3, -0.25) is 4.99 Å². The lowest BCUT2D eigenvalue weighted by molar-refractivity contribution is 0.607. The van der Waals surface area contributed by atoms with Gasteiger partial charge in [-0.25, -0.2) is 4.39 Å². The Morgan fingerprint density at radius 2 is 2.14 bits per heavy atom. The van der Waals surface area contributed by atoms with Gasteiger partial charge in [0.2, 0.25) is 0 Å². The van der Waals surface area contributed by atoms with Crippen LogP contribution in [0.1, 0.15) is 29.7 Å². The number of aryl methyl sites for hydroxylation is 2. The van der Waals surface area contributed by atoms with Crippen molar-refractivity contribution in [2.75, 3.05) is 7.05 Å². The SMILES string of the molecule is CN=C(NCc1ccn(C)c1)NC(C)c1ccc(C)c(F)c1.